The van der Waals surface area contributed by atoms with E-state index in [1.165, 1.54) is 11.1 Å². The van der Waals surface area contributed by atoms with Crippen molar-refractivity contribution in [2.75, 3.05) is 0 Å². The molecule has 0 saturated carbocycles. The predicted molar refractivity (Wildman–Crippen MR) is 202 cm³/mol. The van der Waals surface area contributed by atoms with Crippen molar-refractivity contribution >= 4 is 60.7 Å². The number of hydrogen-bond donors (Lipinski definition) is 0. The van der Waals surface area contributed by atoms with Crippen molar-refractivity contribution in [1.82, 2.24) is 9.13 Å². The molecule has 1 unspecified atom stereocenters. The van der Waals surface area contributed by atoms with Gasteiger partial charge in [-0.3, -0.25) is 0 Å². The van der Waals surface area contributed by atoms with E-state index in [-0.39, 0.29) is 0 Å². The molecule has 10 rings (SSSR count). The summed E-state index contributed by atoms with van der Waals surface area (Å²) in [5, 5.41) is 25.6. The highest BCUT2D eigenvalue weighted by molar-refractivity contribution is 6.21. The number of para-hydroxylation sites is 2. The lowest BCUT2D eigenvalue weighted by molar-refractivity contribution is 0.671. The van der Waals surface area contributed by atoms with Gasteiger partial charge in [0, 0.05) is 49.4 Å². The molecular formula is C45H28N4O. The zero-order valence-electron chi connectivity index (χ0n) is 27.2. The zero-order chi connectivity index (χ0) is 33.5. The largest absolute Gasteiger partial charge is 0.454 e. The molecule has 0 amide bonds. The fourth-order valence-electron chi connectivity index (χ4n) is 8.14. The van der Waals surface area contributed by atoms with E-state index >= 15 is 0 Å². The lowest BCUT2D eigenvalue weighted by Gasteiger charge is -2.20. The van der Waals surface area contributed by atoms with Crippen LogP contribution in [0.25, 0.3) is 83.2 Å². The Balaban J connectivity index is 1.25. The summed E-state index contributed by atoms with van der Waals surface area (Å²) in [7, 11) is 0. The van der Waals surface area contributed by atoms with Crippen molar-refractivity contribution in [1.29, 1.82) is 10.5 Å². The number of nitrogens with zero attached hydrogens (tertiary/aromatic N) is 4. The van der Waals surface area contributed by atoms with Crippen molar-refractivity contribution in [2.45, 2.75) is 13.3 Å². The molecule has 0 fully saturated rings. The van der Waals surface area contributed by atoms with Gasteiger partial charge in [0.25, 0.3) is 0 Å². The Morgan fingerprint density at radius 1 is 0.680 bits per heavy atom. The van der Waals surface area contributed by atoms with Crippen molar-refractivity contribution in [2.24, 2.45) is 5.92 Å². The molecule has 0 N–H and O–H groups in total. The van der Waals surface area contributed by atoms with Crippen LogP contribution in [-0.4, -0.2) is 9.13 Å². The molecule has 6 aromatic carbocycles. The Kier molecular flexibility index (Phi) is 5.98. The summed E-state index contributed by atoms with van der Waals surface area (Å²) < 4.78 is 11.4. The maximum Gasteiger partial charge on any atom is 0.160 e. The minimum absolute atomic E-state index is 0.362. The molecule has 1 aliphatic rings. The molecular weight excluding hydrogens is 613 g/mol. The monoisotopic (exact) mass is 640 g/mol. The first-order valence-electron chi connectivity index (χ1n) is 16.9. The minimum Gasteiger partial charge on any atom is -0.454 e. The molecule has 3 aromatic heterocycles. The SMILES string of the molecule is CC1C=Cc2c(n(-c3cccc(C#N)c3-c3ccc4oc5c(ccc6c7ccccc7n(-c7ccccc7)c65)c4c3)c3ccc(C#N)cc23)C1. The molecule has 0 bridgehead atoms. The fraction of sp³-hybridized carbons (Fsp3) is 0.0667. The highest BCUT2D eigenvalue weighted by Gasteiger charge is 2.25. The number of nitriles is 2. The van der Waals surface area contributed by atoms with E-state index in [1.54, 1.807) is 0 Å². The van der Waals surface area contributed by atoms with E-state index in [2.05, 4.69) is 119 Å². The molecule has 5 heteroatoms. The van der Waals surface area contributed by atoms with Gasteiger partial charge in [-0.15, -0.1) is 0 Å². The topological polar surface area (TPSA) is 70.6 Å². The van der Waals surface area contributed by atoms with Crippen molar-refractivity contribution in [3.05, 3.63) is 150 Å². The highest BCUT2D eigenvalue weighted by atomic mass is 16.3. The third-order valence-electron chi connectivity index (χ3n) is 10.3. The van der Waals surface area contributed by atoms with Gasteiger partial charge in [0.15, 0.2) is 5.58 Å². The molecule has 0 saturated heterocycles. The summed E-state index contributed by atoms with van der Waals surface area (Å²) in [6.45, 7) is 2.22. The van der Waals surface area contributed by atoms with E-state index in [0.29, 0.717) is 17.0 Å². The van der Waals surface area contributed by atoms with Gasteiger partial charge < -0.3 is 13.6 Å². The summed E-state index contributed by atoms with van der Waals surface area (Å²) in [6, 6.07) is 46.3. The van der Waals surface area contributed by atoms with Crippen LogP contribution in [0.1, 0.15) is 29.3 Å². The lowest BCUT2D eigenvalue weighted by atomic mass is 9.93. The second kappa shape index (κ2) is 10.6. The van der Waals surface area contributed by atoms with Crippen LogP contribution in [-0.2, 0) is 6.42 Å². The van der Waals surface area contributed by atoms with E-state index < -0.39 is 0 Å². The minimum atomic E-state index is 0.362. The second-order valence-corrected chi connectivity index (χ2v) is 13.2. The maximum absolute atomic E-state index is 10.5. The van der Waals surface area contributed by atoms with Gasteiger partial charge >= 0.3 is 0 Å². The van der Waals surface area contributed by atoms with Gasteiger partial charge in [-0.25, -0.2) is 0 Å². The first kappa shape index (κ1) is 28.2. The molecule has 0 spiro atoms. The summed E-state index contributed by atoms with van der Waals surface area (Å²) in [6.07, 6.45) is 5.29. The predicted octanol–water partition coefficient (Wildman–Crippen LogP) is 11.2. The summed E-state index contributed by atoms with van der Waals surface area (Å²) in [4.78, 5) is 0. The third kappa shape index (κ3) is 3.92. The van der Waals surface area contributed by atoms with Crippen LogP contribution in [0.3, 0.4) is 0 Å². The fourth-order valence-corrected chi connectivity index (χ4v) is 8.14. The third-order valence-corrected chi connectivity index (χ3v) is 10.3. The normalized spacial score (nSPS) is 14.1. The Labute approximate surface area is 287 Å². The summed E-state index contributed by atoms with van der Waals surface area (Å²) >= 11 is 0. The Morgan fingerprint density at radius 2 is 1.50 bits per heavy atom. The molecule has 5 nitrogen and oxygen atoms in total. The van der Waals surface area contributed by atoms with Gasteiger partial charge in [-0.05, 0) is 84.6 Å². The number of aromatic nitrogens is 2. The van der Waals surface area contributed by atoms with Crippen LogP contribution >= 0.6 is 0 Å². The molecule has 0 radical (unpaired) electrons. The van der Waals surface area contributed by atoms with Crippen LogP contribution < -0.4 is 0 Å². The van der Waals surface area contributed by atoms with Gasteiger partial charge in [-0.2, -0.15) is 10.5 Å². The first-order chi connectivity index (χ1) is 24.6. The van der Waals surface area contributed by atoms with E-state index in [0.717, 1.165) is 83.7 Å². The molecule has 9 aromatic rings. The molecule has 50 heavy (non-hydrogen) atoms. The second-order valence-electron chi connectivity index (χ2n) is 13.2. The zero-order valence-corrected chi connectivity index (χ0v) is 27.2. The van der Waals surface area contributed by atoms with Gasteiger partial charge in [0.2, 0.25) is 0 Å². The average Bonchev–Trinajstić information content (AvgIpc) is 3.81. The average molecular weight is 641 g/mol. The Morgan fingerprint density at radius 3 is 2.36 bits per heavy atom. The highest BCUT2D eigenvalue weighted by Crippen LogP contribution is 2.43. The maximum atomic E-state index is 10.5. The van der Waals surface area contributed by atoms with Gasteiger partial charge in [0.1, 0.15) is 5.58 Å². The summed E-state index contributed by atoms with van der Waals surface area (Å²) in [5.41, 5.74) is 12.2. The van der Waals surface area contributed by atoms with Crippen LogP contribution in [0, 0.1) is 28.6 Å². The number of furan rings is 1. The van der Waals surface area contributed by atoms with Gasteiger partial charge in [-0.1, -0.05) is 73.7 Å². The number of benzene rings is 6. The van der Waals surface area contributed by atoms with Crippen molar-refractivity contribution in [3.8, 4) is 34.6 Å². The molecule has 1 atom stereocenters. The van der Waals surface area contributed by atoms with Crippen LogP contribution in [0.5, 0.6) is 0 Å². The molecule has 1 aliphatic carbocycles. The Hall–Kier alpha value is -6.82. The van der Waals surface area contributed by atoms with Crippen LogP contribution in [0.15, 0.2) is 132 Å². The Bertz CT molecular complexity index is 2990. The molecule has 0 aliphatic heterocycles. The summed E-state index contributed by atoms with van der Waals surface area (Å²) in [5.74, 6) is 0.362. The quantitative estimate of drug-likeness (QED) is 0.193. The van der Waals surface area contributed by atoms with E-state index in [9.17, 15) is 10.5 Å². The standard InChI is InChI=1S/C45H28N4O/c1-27-14-17-33-36-23-28(25-46)15-20-39(36)49(41(33)22-27)40-13-7-8-30(26-47)43(40)29-16-21-42-37(24-29)35-19-18-34-32-11-5-6-12-38(32)48(44(34)45(35)50-42)31-9-3-2-4-10-31/h2-21,23-24,27H,22H2,1H3. The lowest BCUT2D eigenvalue weighted by Crippen LogP contribution is -2.09. The van der Waals surface area contributed by atoms with E-state index in [1.807, 2.05) is 42.5 Å². The number of fused-ring (bicyclic) bond motifs is 10. The van der Waals surface area contributed by atoms with Crippen LogP contribution in [0.4, 0.5) is 0 Å². The number of rotatable bonds is 3. The van der Waals surface area contributed by atoms with Crippen LogP contribution in [0.2, 0.25) is 0 Å². The number of hydrogen-bond acceptors (Lipinski definition) is 3. The smallest absolute Gasteiger partial charge is 0.160 e. The van der Waals surface area contributed by atoms with E-state index in [4.69, 9.17) is 4.42 Å². The number of allylic oxidation sites excluding steroid dienone is 1. The molecule has 234 valence electrons. The van der Waals surface area contributed by atoms with Crippen molar-refractivity contribution in [3.63, 3.8) is 0 Å². The van der Waals surface area contributed by atoms with Crippen molar-refractivity contribution < 1.29 is 4.42 Å². The van der Waals surface area contributed by atoms with Gasteiger partial charge in [0.05, 0.1) is 45.5 Å². The first-order valence-corrected chi connectivity index (χ1v) is 16.9. The molecule has 3 heterocycles.